The van der Waals surface area contributed by atoms with Gasteiger partial charge in [-0.3, -0.25) is 0 Å². The van der Waals surface area contributed by atoms with Crippen LogP contribution < -0.4 is 10.0 Å². The quantitative estimate of drug-likeness (QED) is 0.621. The summed E-state index contributed by atoms with van der Waals surface area (Å²) < 4.78 is 31.0. The van der Waals surface area contributed by atoms with Crippen LogP contribution in [0.5, 0.6) is 0 Å². The molecule has 1 heterocycles. The fraction of sp³-hybridized carbons (Fsp3) is 1.00. The molecule has 0 unspecified atom stereocenters. The van der Waals surface area contributed by atoms with Gasteiger partial charge in [0.2, 0.25) is 10.0 Å². The van der Waals surface area contributed by atoms with Crippen LogP contribution in [0.3, 0.4) is 0 Å². The van der Waals surface area contributed by atoms with E-state index in [1.165, 1.54) is 0 Å². The summed E-state index contributed by atoms with van der Waals surface area (Å²) in [7, 11) is -1.50. The third kappa shape index (κ3) is 4.46. The minimum absolute atomic E-state index is 0.221. The van der Waals surface area contributed by atoms with E-state index in [4.69, 9.17) is 4.74 Å². The standard InChI is InChI=1S/C9H20N2O3S/c1-14-8-2-5-11-15(12,13)9-3-6-10-7-4-9/h9-11H,2-8H2,1H3. The van der Waals surface area contributed by atoms with Crippen molar-refractivity contribution in [3.63, 3.8) is 0 Å². The Morgan fingerprint density at radius 3 is 2.67 bits per heavy atom. The molecule has 15 heavy (non-hydrogen) atoms. The Labute approximate surface area is 91.6 Å². The van der Waals surface area contributed by atoms with Gasteiger partial charge in [-0.05, 0) is 32.4 Å². The molecule has 0 bridgehead atoms. The number of hydrogen-bond acceptors (Lipinski definition) is 4. The summed E-state index contributed by atoms with van der Waals surface area (Å²) in [5, 5.41) is 2.93. The van der Waals surface area contributed by atoms with Gasteiger partial charge in [-0.25, -0.2) is 13.1 Å². The van der Waals surface area contributed by atoms with Gasteiger partial charge in [-0.2, -0.15) is 0 Å². The predicted molar refractivity (Wildman–Crippen MR) is 59.3 cm³/mol. The molecule has 0 atom stereocenters. The maximum absolute atomic E-state index is 11.8. The molecule has 90 valence electrons. The lowest BCUT2D eigenvalue weighted by atomic mass is 10.2. The molecule has 5 nitrogen and oxygen atoms in total. The van der Waals surface area contributed by atoms with Crippen LogP contribution in [0.2, 0.25) is 0 Å². The lowest BCUT2D eigenvalue weighted by Crippen LogP contribution is -2.41. The normalized spacial score (nSPS) is 19.3. The summed E-state index contributed by atoms with van der Waals surface area (Å²) >= 11 is 0. The van der Waals surface area contributed by atoms with Gasteiger partial charge in [0.1, 0.15) is 0 Å². The van der Waals surface area contributed by atoms with Crippen LogP contribution in [-0.4, -0.2) is 47.0 Å². The average Bonchev–Trinajstić information content (AvgIpc) is 2.26. The van der Waals surface area contributed by atoms with Crippen molar-refractivity contribution in [3.8, 4) is 0 Å². The summed E-state index contributed by atoms with van der Waals surface area (Å²) in [5.74, 6) is 0. The second-order valence-electron chi connectivity index (χ2n) is 3.74. The number of ether oxygens (including phenoxy) is 1. The molecule has 0 spiro atoms. The zero-order valence-corrected chi connectivity index (χ0v) is 9.98. The lowest BCUT2D eigenvalue weighted by molar-refractivity contribution is 0.196. The van der Waals surface area contributed by atoms with Crippen molar-refractivity contribution in [3.05, 3.63) is 0 Å². The van der Waals surface area contributed by atoms with E-state index in [9.17, 15) is 8.42 Å². The van der Waals surface area contributed by atoms with Crippen molar-refractivity contribution in [1.29, 1.82) is 0 Å². The molecule has 6 heteroatoms. The molecule has 1 aliphatic rings. The minimum Gasteiger partial charge on any atom is -0.385 e. The molecule has 1 rings (SSSR count). The third-order valence-electron chi connectivity index (χ3n) is 2.55. The first-order valence-corrected chi connectivity index (χ1v) is 6.89. The molecule has 1 aliphatic heterocycles. The van der Waals surface area contributed by atoms with E-state index in [1.54, 1.807) is 7.11 Å². The van der Waals surface area contributed by atoms with Gasteiger partial charge in [0.15, 0.2) is 0 Å². The van der Waals surface area contributed by atoms with Crippen LogP contribution >= 0.6 is 0 Å². The van der Waals surface area contributed by atoms with Gasteiger partial charge < -0.3 is 10.1 Å². The number of hydrogen-bond donors (Lipinski definition) is 2. The van der Waals surface area contributed by atoms with Gasteiger partial charge in [-0.15, -0.1) is 0 Å². The highest BCUT2D eigenvalue weighted by Gasteiger charge is 2.26. The van der Waals surface area contributed by atoms with Crippen molar-refractivity contribution in [2.24, 2.45) is 0 Å². The maximum atomic E-state index is 11.8. The van der Waals surface area contributed by atoms with Gasteiger partial charge in [0, 0.05) is 20.3 Å². The summed E-state index contributed by atoms with van der Waals surface area (Å²) in [4.78, 5) is 0. The van der Waals surface area contributed by atoms with Crippen molar-refractivity contribution in [1.82, 2.24) is 10.0 Å². The summed E-state index contributed by atoms with van der Waals surface area (Å²) in [6.45, 7) is 2.65. The first kappa shape index (κ1) is 12.9. The summed E-state index contributed by atoms with van der Waals surface area (Å²) in [6.07, 6.45) is 2.14. The Balaban J connectivity index is 2.30. The molecule has 0 radical (unpaired) electrons. The van der Waals surface area contributed by atoms with Gasteiger partial charge in [0.25, 0.3) is 0 Å². The second kappa shape index (κ2) is 6.42. The molecule has 0 saturated carbocycles. The van der Waals surface area contributed by atoms with Crippen molar-refractivity contribution in [2.75, 3.05) is 33.4 Å². The van der Waals surface area contributed by atoms with Gasteiger partial charge >= 0.3 is 0 Å². The van der Waals surface area contributed by atoms with Crippen LogP contribution in [0.4, 0.5) is 0 Å². The maximum Gasteiger partial charge on any atom is 0.214 e. The predicted octanol–water partition coefficient (Wildman–Crippen LogP) is -0.306. The molecular weight excluding hydrogens is 216 g/mol. The van der Waals surface area contributed by atoms with Crippen molar-refractivity contribution >= 4 is 10.0 Å². The van der Waals surface area contributed by atoms with Crippen LogP contribution in [0.1, 0.15) is 19.3 Å². The van der Waals surface area contributed by atoms with Crippen molar-refractivity contribution < 1.29 is 13.2 Å². The van der Waals surface area contributed by atoms with Crippen LogP contribution in [0, 0.1) is 0 Å². The Bertz CT molecular complexity index is 261. The Hall–Kier alpha value is -0.170. The molecule has 0 amide bonds. The van der Waals surface area contributed by atoms with E-state index >= 15 is 0 Å². The number of piperidine rings is 1. The first-order chi connectivity index (χ1) is 7.17. The van der Waals surface area contributed by atoms with E-state index in [0.29, 0.717) is 26.0 Å². The Kier molecular flexibility index (Phi) is 5.52. The summed E-state index contributed by atoms with van der Waals surface area (Å²) in [5.41, 5.74) is 0. The SMILES string of the molecule is COCCCNS(=O)(=O)C1CCNCC1. The lowest BCUT2D eigenvalue weighted by Gasteiger charge is -2.22. The van der Waals surface area contributed by atoms with E-state index in [-0.39, 0.29) is 5.25 Å². The number of sulfonamides is 1. The topological polar surface area (TPSA) is 67.4 Å². The molecule has 0 aromatic heterocycles. The smallest absolute Gasteiger partial charge is 0.214 e. The highest BCUT2D eigenvalue weighted by molar-refractivity contribution is 7.90. The summed E-state index contributed by atoms with van der Waals surface area (Å²) in [6, 6.07) is 0. The minimum atomic E-state index is -3.11. The molecule has 1 saturated heterocycles. The third-order valence-corrected chi connectivity index (χ3v) is 4.51. The van der Waals surface area contributed by atoms with E-state index < -0.39 is 10.0 Å². The fourth-order valence-electron chi connectivity index (χ4n) is 1.65. The molecule has 2 N–H and O–H groups in total. The van der Waals surface area contributed by atoms with Gasteiger partial charge in [-0.1, -0.05) is 0 Å². The largest absolute Gasteiger partial charge is 0.385 e. The number of rotatable bonds is 6. The van der Waals surface area contributed by atoms with Crippen LogP contribution in [-0.2, 0) is 14.8 Å². The number of nitrogens with one attached hydrogen (secondary N) is 2. The van der Waals surface area contributed by atoms with Crippen LogP contribution in [0.15, 0.2) is 0 Å². The Morgan fingerprint density at radius 2 is 2.07 bits per heavy atom. The van der Waals surface area contributed by atoms with E-state index in [0.717, 1.165) is 19.5 Å². The highest BCUT2D eigenvalue weighted by atomic mass is 32.2. The van der Waals surface area contributed by atoms with Gasteiger partial charge in [0.05, 0.1) is 5.25 Å². The molecule has 0 aromatic rings. The Morgan fingerprint density at radius 1 is 1.40 bits per heavy atom. The highest BCUT2D eigenvalue weighted by Crippen LogP contribution is 2.11. The zero-order chi connectivity index (χ0) is 11.1. The van der Waals surface area contributed by atoms with E-state index in [2.05, 4.69) is 10.0 Å². The number of methoxy groups -OCH3 is 1. The van der Waals surface area contributed by atoms with E-state index in [1.807, 2.05) is 0 Å². The second-order valence-corrected chi connectivity index (χ2v) is 5.78. The fourth-order valence-corrected chi connectivity index (χ4v) is 3.18. The van der Waals surface area contributed by atoms with Crippen LogP contribution in [0.25, 0.3) is 0 Å². The molecule has 0 aliphatic carbocycles. The average molecular weight is 236 g/mol. The monoisotopic (exact) mass is 236 g/mol. The zero-order valence-electron chi connectivity index (χ0n) is 9.16. The van der Waals surface area contributed by atoms with Crippen molar-refractivity contribution in [2.45, 2.75) is 24.5 Å². The molecule has 0 aromatic carbocycles. The molecular formula is C9H20N2O3S. The first-order valence-electron chi connectivity index (χ1n) is 5.35. The molecule has 1 fully saturated rings.